The van der Waals surface area contributed by atoms with Crippen LogP contribution in [-0.4, -0.2) is 46.5 Å². The molecule has 2 aromatic carbocycles. The lowest BCUT2D eigenvalue weighted by Gasteiger charge is -2.40. The Balaban J connectivity index is 1.68. The first-order valence-corrected chi connectivity index (χ1v) is 10.4. The lowest BCUT2D eigenvalue weighted by Crippen LogP contribution is -2.53. The number of carbonyl (C=O) groups excluding carboxylic acids is 1. The first-order valence-electron chi connectivity index (χ1n) is 9.66. The summed E-state index contributed by atoms with van der Waals surface area (Å²) in [5, 5.41) is 10.3. The SMILES string of the molecule is O=C(O)CC1CN(CCCc2ccccc2)C(=O)N(Cc2ccc(Cl)cc2Cl)C1. The number of carboxylic acids is 1. The van der Waals surface area contributed by atoms with Gasteiger partial charge in [-0.05, 0) is 36.1 Å². The number of aryl methyl sites for hydroxylation is 1. The van der Waals surface area contributed by atoms with Gasteiger partial charge in [-0.15, -0.1) is 0 Å². The van der Waals surface area contributed by atoms with E-state index >= 15 is 0 Å². The van der Waals surface area contributed by atoms with Crippen LogP contribution in [0.15, 0.2) is 48.5 Å². The second kappa shape index (κ2) is 9.99. The zero-order chi connectivity index (χ0) is 20.8. The van der Waals surface area contributed by atoms with Crippen LogP contribution in [-0.2, 0) is 17.8 Å². The van der Waals surface area contributed by atoms with Crippen molar-refractivity contribution < 1.29 is 14.7 Å². The average molecular weight is 435 g/mol. The van der Waals surface area contributed by atoms with Crippen molar-refractivity contribution in [1.82, 2.24) is 9.80 Å². The van der Waals surface area contributed by atoms with E-state index in [1.165, 1.54) is 5.56 Å². The Morgan fingerprint density at radius 2 is 1.79 bits per heavy atom. The summed E-state index contributed by atoms with van der Waals surface area (Å²) in [6.45, 7) is 1.79. The predicted octanol–water partition coefficient (Wildman–Crippen LogP) is 4.95. The zero-order valence-corrected chi connectivity index (χ0v) is 17.6. The minimum Gasteiger partial charge on any atom is -0.481 e. The maximum atomic E-state index is 13.0. The Morgan fingerprint density at radius 1 is 1.07 bits per heavy atom. The number of aliphatic carboxylic acids is 1. The van der Waals surface area contributed by atoms with E-state index in [2.05, 4.69) is 12.1 Å². The molecule has 0 aliphatic carbocycles. The van der Waals surface area contributed by atoms with Gasteiger partial charge < -0.3 is 14.9 Å². The summed E-state index contributed by atoms with van der Waals surface area (Å²) < 4.78 is 0. The molecule has 0 saturated carbocycles. The number of carbonyl (C=O) groups is 2. The third-order valence-corrected chi connectivity index (χ3v) is 5.66. The molecule has 2 amide bonds. The molecule has 2 aromatic rings. The van der Waals surface area contributed by atoms with Crippen LogP contribution in [0.2, 0.25) is 10.0 Å². The number of nitrogens with zero attached hydrogens (tertiary/aromatic N) is 2. The largest absolute Gasteiger partial charge is 0.481 e. The fourth-order valence-electron chi connectivity index (χ4n) is 3.71. The van der Waals surface area contributed by atoms with Crippen LogP contribution < -0.4 is 0 Å². The molecular formula is C22H24Cl2N2O3. The topological polar surface area (TPSA) is 60.9 Å². The number of halogens is 2. The van der Waals surface area contributed by atoms with Crippen molar-refractivity contribution >= 4 is 35.2 Å². The van der Waals surface area contributed by atoms with Crippen LogP contribution in [0, 0.1) is 5.92 Å². The molecule has 1 heterocycles. The van der Waals surface area contributed by atoms with Crippen molar-refractivity contribution in [3.05, 3.63) is 69.7 Å². The number of benzene rings is 2. The molecule has 1 atom stereocenters. The number of amides is 2. The Kier molecular flexibility index (Phi) is 7.40. The van der Waals surface area contributed by atoms with Gasteiger partial charge >= 0.3 is 12.0 Å². The van der Waals surface area contributed by atoms with Crippen molar-refractivity contribution in [1.29, 1.82) is 0 Å². The van der Waals surface area contributed by atoms with Crippen LogP contribution in [0.3, 0.4) is 0 Å². The summed E-state index contributed by atoms with van der Waals surface area (Å²) in [6.07, 6.45) is 1.73. The van der Waals surface area contributed by atoms with E-state index in [1.54, 1.807) is 28.0 Å². The highest BCUT2D eigenvalue weighted by molar-refractivity contribution is 6.35. The van der Waals surface area contributed by atoms with Gasteiger partial charge in [0.1, 0.15) is 0 Å². The molecule has 1 N–H and O–H groups in total. The summed E-state index contributed by atoms with van der Waals surface area (Å²) in [5.74, 6) is -0.967. The highest BCUT2D eigenvalue weighted by atomic mass is 35.5. The van der Waals surface area contributed by atoms with Gasteiger partial charge in [0.2, 0.25) is 0 Å². The molecule has 1 saturated heterocycles. The summed E-state index contributed by atoms with van der Waals surface area (Å²) >= 11 is 12.2. The Labute approximate surface area is 180 Å². The lowest BCUT2D eigenvalue weighted by atomic mass is 10.0. The van der Waals surface area contributed by atoms with Gasteiger partial charge in [-0.2, -0.15) is 0 Å². The van der Waals surface area contributed by atoms with E-state index in [-0.39, 0.29) is 18.4 Å². The lowest BCUT2D eigenvalue weighted by molar-refractivity contribution is -0.138. The molecule has 1 aliphatic rings. The average Bonchev–Trinajstić information content (AvgIpc) is 2.67. The van der Waals surface area contributed by atoms with E-state index in [4.69, 9.17) is 23.2 Å². The summed E-state index contributed by atoms with van der Waals surface area (Å²) in [7, 11) is 0. The summed E-state index contributed by atoms with van der Waals surface area (Å²) in [4.78, 5) is 27.7. The molecule has 0 aromatic heterocycles. The van der Waals surface area contributed by atoms with Crippen molar-refractivity contribution in [3.63, 3.8) is 0 Å². The van der Waals surface area contributed by atoms with Crippen molar-refractivity contribution in [2.75, 3.05) is 19.6 Å². The molecule has 5 nitrogen and oxygen atoms in total. The van der Waals surface area contributed by atoms with E-state index in [0.717, 1.165) is 18.4 Å². The fourth-order valence-corrected chi connectivity index (χ4v) is 4.17. The minimum atomic E-state index is -0.849. The Bertz CT molecular complexity index is 860. The molecular weight excluding hydrogens is 411 g/mol. The maximum absolute atomic E-state index is 13.0. The summed E-state index contributed by atoms with van der Waals surface area (Å²) in [5.41, 5.74) is 2.02. The van der Waals surface area contributed by atoms with Crippen LogP contribution in [0.25, 0.3) is 0 Å². The standard InChI is InChI=1S/C22H24Cl2N2O3/c23-19-9-8-18(20(24)12-19)15-26-14-17(11-21(27)28)13-25(22(26)29)10-4-7-16-5-2-1-3-6-16/h1-3,5-6,8-9,12,17H,4,7,10-11,13-15H2,(H,27,28). The smallest absolute Gasteiger partial charge is 0.320 e. The zero-order valence-electron chi connectivity index (χ0n) is 16.1. The third-order valence-electron chi connectivity index (χ3n) is 5.07. The predicted molar refractivity (Wildman–Crippen MR) is 114 cm³/mol. The molecule has 0 spiro atoms. The highest BCUT2D eigenvalue weighted by Gasteiger charge is 2.32. The second-order valence-electron chi connectivity index (χ2n) is 7.40. The summed E-state index contributed by atoms with van der Waals surface area (Å²) in [6, 6.07) is 15.2. The van der Waals surface area contributed by atoms with Crippen LogP contribution in [0.1, 0.15) is 24.0 Å². The number of hydrogen-bond donors (Lipinski definition) is 1. The second-order valence-corrected chi connectivity index (χ2v) is 8.24. The van der Waals surface area contributed by atoms with Gasteiger partial charge in [0.05, 0.1) is 6.42 Å². The maximum Gasteiger partial charge on any atom is 0.320 e. The number of rotatable bonds is 8. The van der Waals surface area contributed by atoms with Gasteiger partial charge in [0, 0.05) is 42.1 Å². The van der Waals surface area contributed by atoms with Gasteiger partial charge in [0.15, 0.2) is 0 Å². The number of urea groups is 1. The third kappa shape index (κ3) is 6.12. The van der Waals surface area contributed by atoms with E-state index in [0.29, 0.717) is 36.2 Å². The minimum absolute atomic E-state index is 0.0350. The molecule has 29 heavy (non-hydrogen) atoms. The first kappa shape index (κ1) is 21.5. The van der Waals surface area contributed by atoms with Gasteiger partial charge in [0.25, 0.3) is 0 Å². The van der Waals surface area contributed by atoms with Crippen molar-refractivity contribution in [2.45, 2.75) is 25.8 Å². The quantitative estimate of drug-likeness (QED) is 0.638. The van der Waals surface area contributed by atoms with E-state index < -0.39 is 5.97 Å². The molecule has 7 heteroatoms. The van der Waals surface area contributed by atoms with Gasteiger partial charge in [-0.1, -0.05) is 59.6 Å². The Morgan fingerprint density at radius 3 is 2.48 bits per heavy atom. The number of carboxylic acid groups (broad SMARTS) is 1. The van der Waals surface area contributed by atoms with Crippen molar-refractivity contribution in [3.8, 4) is 0 Å². The van der Waals surface area contributed by atoms with E-state index in [1.807, 2.05) is 18.2 Å². The molecule has 3 rings (SSSR count). The molecule has 154 valence electrons. The first-order chi connectivity index (χ1) is 13.9. The highest BCUT2D eigenvalue weighted by Crippen LogP contribution is 2.25. The van der Waals surface area contributed by atoms with Crippen molar-refractivity contribution in [2.24, 2.45) is 5.92 Å². The molecule has 1 fully saturated rings. The molecule has 1 unspecified atom stereocenters. The van der Waals surface area contributed by atoms with Gasteiger partial charge in [-0.25, -0.2) is 4.79 Å². The normalized spacial score (nSPS) is 16.9. The molecule has 1 aliphatic heterocycles. The fraction of sp³-hybridized carbons (Fsp3) is 0.364. The van der Waals surface area contributed by atoms with Crippen LogP contribution in [0.4, 0.5) is 4.79 Å². The molecule has 0 bridgehead atoms. The van der Waals surface area contributed by atoms with E-state index in [9.17, 15) is 14.7 Å². The monoisotopic (exact) mass is 434 g/mol. The van der Waals surface area contributed by atoms with Crippen LogP contribution >= 0.6 is 23.2 Å². The Hall–Kier alpha value is -2.24. The molecule has 0 radical (unpaired) electrons. The van der Waals surface area contributed by atoms with Gasteiger partial charge in [-0.3, -0.25) is 4.79 Å². The van der Waals surface area contributed by atoms with Crippen LogP contribution in [0.5, 0.6) is 0 Å². The number of hydrogen-bond acceptors (Lipinski definition) is 2.